The Labute approximate surface area is 152 Å². The summed E-state index contributed by atoms with van der Waals surface area (Å²) in [6.45, 7) is -0.690. The molecule has 0 fully saturated rings. The molecule has 0 unspecified atom stereocenters. The Kier molecular flexibility index (Phi) is 8.18. The first kappa shape index (κ1) is 19.5. The van der Waals surface area contributed by atoms with Crippen LogP contribution in [0.15, 0.2) is 54.6 Å². The molecule has 2 rings (SSSR count). The topological polar surface area (TPSA) is 85.2 Å². The highest BCUT2D eigenvalue weighted by molar-refractivity contribution is 5.87. The Hall–Kier alpha value is -2.83. The standard InChI is InChI=1S/C20H22O6/c21-14-25-18-10-8-17(13-19(18)26-15-22)9-11-20(23)24-12-4-7-16-5-2-1-3-6-16/h1-3,5-6,8-11,13,21-22H,4,7,12,14-15H2/b11-9+. The molecule has 0 heterocycles. The number of aryl methyl sites for hydroxylation is 1. The van der Waals surface area contributed by atoms with E-state index in [9.17, 15) is 4.79 Å². The summed E-state index contributed by atoms with van der Waals surface area (Å²) in [5.41, 5.74) is 1.88. The van der Waals surface area contributed by atoms with Crippen LogP contribution in [0.3, 0.4) is 0 Å². The lowest BCUT2D eigenvalue weighted by Gasteiger charge is -2.10. The molecule has 2 aromatic rings. The third-order valence-electron chi connectivity index (χ3n) is 3.52. The molecule has 2 aromatic carbocycles. The Balaban J connectivity index is 1.82. The van der Waals surface area contributed by atoms with Gasteiger partial charge in [-0.05, 0) is 42.2 Å². The fraction of sp³-hybridized carbons (Fsp3) is 0.250. The molecule has 0 radical (unpaired) electrons. The molecule has 6 nitrogen and oxygen atoms in total. The molecule has 0 spiro atoms. The van der Waals surface area contributed by atoms with E-state index < -0.39 is 19.6 Å². The molecule has 138 valence electrons. The molecule has 2 N–H and O–H groups in total. The van der Waals surface area contributed by atoms with E-state index in [2.05, 4.69) is 0 Å². The summed E-state index contributed by atoms with van der Waals surface area (Å²) < 4.78 is 15.2. The molecule has 0 aliphatic carbocycles. The van der Waals surface area contributed by atoms with Gasteiger partial charge in [-0.3, -0.25) is 0 Å². The van der Waals surface area contributed by atoms with E-state index in [1.54, 1.807) is 24.3 Å². The summed E-state index contributed by atoms with van der Waals surface area (Å²) in [6.07, 6.45) is 4.51. The van der Waals surface area contributed by atoms with Gasteiger partial charge in [0.05, 0.1) is 6.61 Å². The van der Waals surface area contributed by atoms with Crippen LogP contribution in [0.2, 0.25) is 0 Å². The molecule has 0 amide bonds. The van der Waals surface area contributed by atoms with Gasteiger partial charge in [0.15, 0.2) is 25.1 Å². The van der Waals surface area contributed by atoms with Crippen molar-refractivity contribution in [1.29, 1.82) is 0 Å². The van der Waals surface area contributed by atoms with Gasteiger partial charge in [0.1, 0.15) is 0 Å². The number of hydrogen-bond acceptors (Lipinski definition) is 6. The van der Waals surface area contributed by atoms with E-state index in [1.165, 1.54) is 11.6 Å². The second-order valence-corrected chi connectivity index (χ2v) is 5.34. The summed E-state index contributed by atoms with van der Waals surface area (Å²) in [6, 6.07) is 14.9. The van der Waals surface area contributed by atoms with Crippen LogP contribution in [0.1, 0.15) is 17.5 Å². The fourth-order valence-electron chi connectivity index (χ4n) is 2.31. The van der Waals surface area contributed by atoms with Crippen LogP contribution in [0.25, 0.3) is 6.08 Å². The van der Waals surface area contributed by atoms with Crippen molar-refractivity contribution in [3.8, 4) is 11.5 Å². The molecule has 0 aliphatic heterocycles. The number of rotatable bonds is 10. The van der Waals surface area contributed by atoms with E-state index in [4.69, 9.17) is 24.4 Å². The minimum absolute atomic E-state index is 0.264. The zero-order valence-corrected chi connectivity index (χ0v) is 14.3. The highest BCUT2D eigenvalue weighted by atomic mass is 16.6. The van der Waals surface area contributed by atoms with Crippen molar-refractivity contribution in [2.24, 2.45) is 0 Å². The maximum absolute atomic E-state index is 11.8. The van der Waals surface area contributed by atoms with E-state index in [-0.39, 0.29) is 5.75 Å². The number of esters is 1. The normalized spacial score (nSPS) is 10.7. The molecule has 0 atom stereocenters. The molecule has 0 saturated heterocycles. The molecule has 6 heteroatoms. The van der Waals surface area contributed by atoms with Crippen LogP contribution in [0, 0.1) is 0 Å². The van der Waals surface area contributed by atoms with Gasteiger partial charge in [0.2, 0.25) is 0 Å². The lowest BCUT2D eigenvalue weighted by atomic mass is 10.1. The second kappa shape index (κ2) is 10.9. The van der Waals surface area contributed by atoms with Gasteiger partial charge in [-0.2, -0.15) is 0 Å². The van der Waals surface area contributed by atoms with Crippen LogP contribution in [0.4, 0.5) is 0 Å². The van der Waals surface area contributed by atoms with Crippen molar-refractivity contribution < 1.29 is 29.2 Å². The van der Waals surface area contributed by atoms with Gasteiger partial charge in [0, 0.05) is 6.08 Å². The lowest BCUT2D eigenvalue weighted by molar-refractivity contribution is -0.137. The summed E-state index contributed by atoms with van der Waals surface area (Å²) in [5.74, 6) is 0.125. The van der Waals surface area contributed by atoms with Gasteiger partial charge in [-0.1, -0.05) is 36.4 Å². The van der Waals surface area contributed by atoms with Gasteiger partial charge in [-0.15, -0.1) is 0 Å². The minimum Gasteiger partial charge on any atom is -0.464 e. The number of hydrogen-bond donors (Lipinski definition) is 2. The Morgan fingerprint density at radius 2 is 1.69 bits per heavy atom. The average molecular weight is 358 g/mol. The monoisotopic (exact) mass is 358 g/mol. The van der Waals surface area contributed by atoms with Gasteiger partial charge in [-0.25, -0.2) is 4.79 Å². The first-order chi connectivity index (χ1) is 12.7. The van der Waals surface area contributed by atoms with E-state index in [0.29, 0.717) is 17.9 Å². The quantitative estimate of drug-likeness (QED) is 0.294. The molecule has 0 bridgehead atoms. The van der Waals surface area contributed by atoms with Crippen LogP contribution < -0.4 is 9.47 Å². The van der Waals surface area contributed by atoms with Crippen molar-refractivity contribution in [2.45, 2.75) is 12.8 Å². The number of carbonyl (C=O) groups is 1. The third-order valence-corrected chi connectivity index (χ3v) is 3.52. The van der Waals surface area contributed by atoms with E-state index in [0.717, 1.165) is 12.8 Å². The van der Waals surface area contributed by atoms with Crippen molar-refractivity contribution in [1.82, 2.24) is 0 Å². The molecule has 26 heavy (non-hydrogen) atoms. The summed E-state index contributed by atoms with van der Waals surface area (Å²) in [5, 5.41) is 17.7. The van der Waals surface area contributed by atoms with Crippen molar-refractivity contribution in [3.63, 3.8) is 0 Å². The number of aliphatic hydroxyl groups is 2. The smallest absolute Gasteiger partial charge is 0.330 e. The molecule has 0 aliphatic rings. The molecular formula is C20H22O6. The average Bonchev–Trinajstić information content (AvgIpc) is 2.66. The summed E-state index contributed by atoms with van der Waals surface area (Å²) in [4.78, 5) is 11.8. The van der Waals surface area contributed by atoms with Crippen molar-refractivity contribution in [2.75, 3.05) is 20.2 Å². The van der Waals surface area contributed by atoms with Crippen LogP contribution in [-0.4, -0.2) is 36.4 Å². The fourth-order valence-corrected chi connectivity index (χ4v) is 2.31. The maximum atomic E-state index is 11.8. The van der Waals surface area contributed by atoms with Gasteiger partial charge >= 0.3 is 5.97 Å². The summed E-state index contributed by atoms with van der Waals surface area (Å²) in [7, 11) is 0. The van der Waals surface area contributed by atoms with Crippen LogP contribution in [0.5, 0.6) is 11.5 Å². The van der Waals surface area contributed by atoms with Crippen LogP contribution >= 0.6 is 0 Å². The zero-order chi connectivity index (χ0) is 18.6. The first-order valence-corrected chi connectivity index (χ1v) is 8.23. The van der Waals surface area contributed by atoms with Crippen molar-refractivity contribution >= 4 is 12.0 Å². The zero-order valence-electron chi connectivity index (χ0n) is 14.3. The molecular weight excluding hydrogens is 336 g/mol. The van der Waals surface area contributed by atoms with Crippen molar-refractivity contribution in [3.05, 3.63) is 65.7 Å². The highest BCUT2D eigenvalue weighted by Crippen LogP contribution is 2.28. The number of ether oxygens (including phenoxy) is 3. The Morgan fingerprint density at radius 1 is 0.962 bits per heavy atom. The highest BCUT2D eigenvalue weighted by Gasteiger charge is 2.06. The second-order valence-electron chi connectivity index (χ2n) is 5.34. The number of aliphatic hydroxyl groups excluding tert-OH is 2. The van der Waals surface area contributed by atoms with Gasteiger partial charge < -0.3 is 24.4 Å². The SMILES string of the molecule is O=C(/C=C/c1ccc(OCO)c(OCO)c1)OCCCc1ccccc1. The third kappa shape index (κ3) is 6.58. The number of benzene rings is 2. The van der Waals surface area contributed by atoms with Gasteiger partial charge in [0.25, 0.3) is 0 Å². The maximum Gasteiger partial charge on any atom is 0.330 e. The first-order valence-electron chi connectivity index (χ1n) is 8.23. The molecule has 0 aromatic heterocycles. The predicted octanol–water partition coefficient (Wildman–Crippen LogP) is 2.53. The number of carbonyl (C=O) groups excluding carboxylic acids is 1. The lowest BCUT2D eigenvalue weighted by Crippen LogP contribution is -2.03. The largest absolute Gasteiger partial charge is 0.464 e. The predicted molar refractivity (Wildman–Crippen MR) is 96.6 cm³/mol. The van der Waals surface area contributed by atoms with E-state index in [1.807, 2.05) is 30.3 Å². The Morgan fingerprint density at radius 3 is 2.42 bits per heavy atom. The molecule has 0 saturated carbocycles. The summed E-state index contributed by atoms with van der Waals surface area (Å²) >= 11 is 0. The van der Waals surface area contributed by atoms with Crippen LogP contribution in [-0.2, 0) is 16.0 Å². The Bertz CT molecular complexity index is 711. The van der Waals surface area contributed by atoms with E-state index >= 15 is 0 Å². The minimum atomic E-state index is -0.529.